The maximum atomic E-state index is 9.49. The molecule has 94 valence electrons. The van der Waals surface area contributed by atoms with Crippen molar-refractivity contribution in [2.45, 2.75) is 38.8 Å². The Morgan fingerprint density at radius 1 is 1.35 bits per heavy atom. The topological polar surface area (TPSA) is 49.5 Å². The number of hydrogen-bond donors (Lipinski definition) is 2. The Morgan fingerprint density at radius 3 is 2.71 bits per heavy atom. The van der Waals surface area contributed by atoms with Crippen LogP contribution >= 0.6 is 0 Å². The van der Waals surface area contributed by atoms with Gasteiger partial charge in [-0.15, -0.1) is 0 Å². The van der Waals surface area contributed by atoms with E-state index in [1.54, 1.807) is 0 Å². The molecule has 1 aliphatic rings. The maximum Gasteiger partial charge on any atom is 0.0564 e. The van der Waals surface area contributed by atoms with Crippen LogP contribution in [0.4, 0.5) is 5.69 Å². The van der Waals surface area contributed by atoms with Gasteiger partial charge in [-0.05, 0) is 36.5 Å². The summed E-state index contributed by atoms with van der Waals surface area (Å²) in [4.78, 5) is 2.40. The highest BCUT2D eigenvalue weighted by Crippen LogP contribution is 2.21. The van der Waals surface area contributed by atoms with Gasteiger partial charge in [0, 0.05) is 25.3 Å². The fourth-order valence-electron chi connectivity index (χ4n) is 2.55. The molecule has 3 nitrogen and oxygen atoms in total. The first kappa shape index (κ1) is 12.4. The van der Waals surface area contributed by atoms with E-state index in [4.69, 9.17) is 5.73 Å². The van der Waals surface area contributed by atoms with E-state index in [9.17, 15) is 5.11 Å². The van der Waals surface area contributed by atoms with Crippen molar-refractivity contribution in [1.29, 1.82) is 0 Å². The van der Waals surface area contributed by atoms with E-state index < -0.39 is 0 Å². The Labute approximate surface area is 103 Å². The van der Waals surface area contributed by atoms with Gasteiger partial charge in [-0.3, -0.25) is 4.90 Å². The second kappa shape index (κ2) is 5.52. The summed E-state index contributed by atoms with van der Waals surface area (Å²) in [7, 11) is 0. The van der Waals surface area contributed by atoms with Crippen LogP contribution in [-0.4, -0.2) is 29.2 Å². The van der Waals surface area contributed by atoms with Gasteiger partial charge in [-0.1, -0.05) is 19.1 Å². The van der Waals surface area contributed by atoms with Crippen LogP contribution in [0.5, 0.6) is 0 Å². The van der Waals surface area contributed by atoms with Gasteiger partial charge >= 0.3 is 0 Å². The molecular weight excluding hydrogens is 212 g/mol. The van der Waals surface area contributed by atoms with Crippen molar-refractivity contribution in [3.8, 4) is 0 Å². The van der Waals surface area contributed by atoms with Crippen molar-refractivity contribution in [1.82, 2.24) is 4.90 Å². The van der Waals surface area contributed by atoms with Crippen LogP contribution in [0, 0.1) is 0 Å². The molecule has 1 aliphatic heterocycles. The second-order valence-electron chi connectivity index (χ2n) is 4.85. The lowest BCUT2D eigenvalue weighted by Gasteiger charge is -2.30. The number of nitrogens with two attached hydrogens (primary N) is 1. The molecule has 3 heteroatoms. The molecule has 0 atom stereocenters. The number of nitrogen functional groups attached to an aromatic ring is 1. The van der Waals surface area contributed by atoms with Gasteiger partial charge in [0.25, 0.3) is 0 Å². The lowest BCUT2D eigenvalue weighted by Crippen LogP contribution is -2.35. The summed E-state index contributed by atoms with van der Waals surface area (Å²) in [5.41, 5.74) is 9.52. The number of rotatable bonds is 3. The highest BCUT2D eigenvalue weighted by molar-refractivity contribution is 5.50. The Kier molecular flexibility index (Phi) is 4.02. The lowest BCUT2D eigenvalue weighted by molar-refractivity contribution is 0.0791. The number of aliphatic hydroxyl groups excluding tert-OH is 1. The van der Waals surface area contributed by atoms with E-state index in [1.807, 2.05) is 12.1 Å². The summed E-state index contributed by atoms with van der Waals surface area (Å²) in [6, 6.07) is 6.17. The molecule has 0 amide bonds. The number of benzene rings is 1. The number of aliphatic hydroxyl groups is 1. The second-order valence-corrected chi connectivity index (χ2v) is 4.85. The van der Waals surface area contributed by atoms with Crippen LogP contribution in [0.25, 0.3) is 0 Å². The zero-order valence-electron chi connectivity index (χ0n) is 10.5. The smallest absolute Gasteiger partial charge is 0.0564 e. The third-order valence-electron chi connectivity index (χ3n) is 3.61. The first-order valence-corrected chi connectivity index (χ1v) is 6.47. The molecule has 3 N–H and O–H groups in total. The molecule has 0 saturated carbocycles. The van der Waals surface area contributed by atoms with Crippen molar-refractivity contribution in [2.75, 3.05) is 18.8 Å². The van der Waals surface area contributed by atoms with E-state index in [-0.39, 0.29) is 6.10 Å². The minimum absolute atomic E-state index is 0.0993. The van der Waals surface area contributed by atoms with Crippen LogP contribution in [0.3, 0.4) is 0 Å². The summed E-state index contributed by atoms with van der Waals surface area (Å²) >= 11 is 0. The van der Waals surface area contributed by atoms with Gasteiger partial charge in [0.15, 0.2) is 0 Å². The van der Waals surface area contributed by atoms with Gasteiger partial charge in [0.05, 0.1) is 6.10 Å². The highest BCUT2D eigenvalue weighted by Gasteiger charge is 2.17. The minimum atomic E-state index is -0.0993. The van der Waals surface area contributed by atoms with Gasteiger partial charge in [0.2, 0.25) is 0 Å². The molecule has 2 rings (SSSR count). The number of hydrogen-bond acceptors (Lipinski definition) is 3. The summed E-state index contributed by atoms with van der Waals surface area (Å²) in [5.74, 6) is 0. The molecule has 1 heterocycles. The fourth-order valence-corrected chi connectivity index (χ4v) is 2.55. The molecule has 1 aromatic carbocycles. The molecule has 0 unspecified atom stereocenters. The van der Waals surface area contributed by atoms with E-state index in [0.717, 1.165) is 44.6 Å². The summed E-state index contributed by atoms with van der Waals surface area (Å²) in [5, 5.41) is 9.49. The quantitative estimate of drug-likeness (QED) is 0.784. The predicted molar refractivity (Wildman–Crippen MR) is 70.8 cm³/mol. The molecule has 0 bridgehead atoms. The van der Waals surface area contributed by atoms with Gasteiger partial charge < -0.3 is 10.8 Å². The van der Waals surface area contributed by atoms with Crippen LogP contribution in [0.1, 0.15) is 30.9 Å². The van der Waals surface area contributed by atoms with Crippen molar-refractivity contribution in [3.63, 3.8) is 0 Å². The molecule has 0 spiro atoms. The average molecular weight is 234 g/mol. The standard InChI is InChI=1S/C14H22N2O/c1-2-13-11(4-3-5-14(13)15)10-16-8-6-12(17)7-9-16/h3-5,12,17H,2,6-10,15H2,1H3. The number of piperidine rings is 1. The Balaban J connectivity index is 2.05. The first-order chi connectivity index (χ1) is 8.20. The number of likely N-dealkylation sites (tertiary alicyclic amines) is 1. The van der Waals surface area contributed by atoms with E-state index in [1.165, 1.54) is 11.1 Å². The highest BCUT2D eigenvalue weighted by atomic mass is 16.3. The Morgan fingerprint density at radius 2 is 2.06 bits per heavy atom. The van der Waals surface area contributed by atoms with Gasteiger partial charge in [-0.2, -0.15) is 0 Å². The monoisotopic (exact) mass is 234 g/mol. The van der Waals surface area contributed by atoms with Crippen LogP contribution in [0.2, 0.25) is 0 Å². The summed E-state index contributed by atoms with van der Waals surface area (Å²) < 4.78 is 0. The van der Waals surface area contributed by atoms with Crippen LogP contribution in [-0.2, 0) is 13.0 Å². The largest absolute Gasteiger partial charge is 0.398 e. The normalized spacial score (nSPS) is 18.5. The van der Waals surface area contributed by atoms with Crippen molar-refractivity contribution in [3.05, 3.63) is 29.3 Å². The Hall–Kier alpha value is -1.06. The predicted octanol–water partition coefficient (Wildman–Crippen LogP) is 1.79. The summed E-state index contributed by atoms with van der Waals surface area (Å²) in [6.07, 6.45) is 2.67. The average Bonchev–Trinajstić information content (AvgIpc) is 2.32. The third kappa shape index (κ3) is 2.99. The van der Waals surface area contributed by atoms with Crippen molar-refractivity contribution in [2.24, 2.45) is 0 Å². The Bertz CT molecular complexity index is 370. The minimum Gasteiger partial charge on any atom is -0.398 e. The molecule has 1 saturated heterocycles. The number of anilines is 1. The molecule has 1 fully saturated rings. The van der Waals surface area contributed by atoms with Gasteiger partial charge in [-0.25, -0.2) is 0 Å². The zero-order valence-corrected chi connectivity index (χ0v) is 10.5. The van der Waals surface area contributed by atoms with E-state index in [0.29, 0.717) is 0 Å². The van der Waals surface area contributed by atoms with Crippen molar-refractivity contribution >= 4 is 5.69 Å². The number of nitrogens with zero attached hydrogens (tertiary/aromatic N) is 1. The molecule has 1 aromatic rings. The first-order valence-electron chi connectivity index (χ1n) is 6.47. The van der Waals surface area contributed by atoms with Crippen molar-refractivity contribution < 1.29 is 5.11 Å². The fraction of sp³-hybridized carbons (Fsp3) is 0.571. The van der Waals surface area contributed by atoms with Crippen LogP contribution in [0.15, 0.2) is 18.2 Å². The molecule has 0 aliphatic carbocycles. The lowest BCUT2D eigenvalue weighted by atomic mass is 10.0. The zero-order chi connectivity index (χ0) is 12.3. The molecular formula is C14H22N2O. The summed E-state index contributed by atoms with van der Waals surface area (Å²) in [6.45, 7) is 5.08. The third-order valence-corrected chi connectivity index (χ3v) is 3.61. The van der Waals surface area contributed by atoms with E-state index >= 15 is 0 Å². The molecule has 17 heavy (non-hydrogen) atoms. The van der Waals surface area contributed by atoms with Gasteiger partial charge in [0.1, 0.15) is 0 Å². The SMILES string of the molecule is CCc1c(N)cccc1CN1CCC(O)CC1. The van der Waals surface area contributed by atoms with E-state index in [2.05, 4.69) is 17.9 Å². The molecule has 0 radical (unpaired) electrons. The van der Waals surface area contributed by atoms with Crippen LogP contribution < -0.4 is 5.73 Å². The molecule has 0 aromatic heterocycles. The maximum absolute atomic E-state index is 9.49.